The van der Waals surface area contributed by atoms with E-state index < -0.39 is 0 Å². The Morgan fingerprint density at radius 1 is 1.17 bits per heavy atom. The van der Waals surface area contributed by atoms with Gasteiger partial charge in [0.15, 0.2) is 0 Å². The number of rotatable bonds is 12. The van der Waals surface area contributed by atoms with Crippen LogP contribution in [0.2, 0.25) is 0 Å². The molecule has 0 bridgehead atoms. The minimum atomic E-state index is 0.719. The van der Waals surface area contributed by atoms with Crippen molar-refractivity contribution in [3.63, 3.8) is 0 Å². The summed E-state index contributed by atoms with van der Waals surface area (Å²) in [5.74, 6) is 2.13. The van der Waals surface area contributed by atoms with Gasteiger partial charge in [-0.3, -0.25) is 0 Å². The topological polar surface area (TPSA) is 29.3 Å². The van der Waals surface area contributed by atoms with E-state index in [4.69, 9.17) is 5.73 Å². The van der Waals surface area contributed by atoms with Crippen molar-refractivity contribution in [2.75, 3.05) is 32.1 Å². The Hall–Kier alpha value is 0.270. The van der Waals surface area contributed by atoms with Crippen molar-refractivity contribution in [2.24, 2.45) is 11.7 Å². The van der Waals surface area contributed by atoms with E-state index in [2.05, 4.69) is 32.1 Å². The summed E-state index contributed by atoms with van der Waals surface area (Å²) in [5, 5.41) is 0. The average molecular weight is 275 g/mol. The quantitative estimate of drug-likeness (QED) is 0.589. The van der Waals surface area contributed by atoms with E-state index in [0.717, 1.165) is 18.5 Å². The number of hydrogen-bond donors (Lipinski definition) is 1. The first-order valence-corrected chi connectivity index (χ1v) is 8.94. The van der Waals surface area contributed by atoms with Crippen molar-refractivity contribution in [3.05, 3.63) is 0 Å². The molecule has 0 amide bonds. The van der Waals surface area contributed by atoms with Gasteiger partial charge in [-0.25, -0.2) is 0 Å². The van der Waals surface area contributed by atoms with Gasteiger partial charge in [0.1, 0.15) is 0 Å². The third-order valence-electron chi connectivity index (χ3n) is 3.89. The molecular formula is C15H34N2S. The van der Waals surface area contributed by atoms with Crippen molar-refractivity contribution in [3.8, 4) is 0 Å². The third kappa shape index (κ3) is 9.23. The Kier molecular flexibility index (Phi) is 12.5. The smallest absolute Gasteiger partial charge is 0.00717 e. The van der Waals surface area contributed by atoms with E-state index >= 15 is 0 Å². The molecule has 0 rings (SSSR count). The second-order valence-electron chi connectivity index (χ2n) is 5.49. The molecule has 0 saturated heterocycles. The van der Waals surface area contributed by atoms with E-state index in [0.29, 0.717) is 0 Å². The monoisotopic (exact) mass is 274 g/mol. The van der Waals surface area contributed by atoms with Crippen molar-refractivity contribution < 1.29 is 0 Å². The maximum Gasteiger partial charge on any atom is 0.00717 e. The molecule has 2 unspecified atom stereocenters. The average Bonchev–Trinajstić information content (AvgIpc) is 2.36. The minimum Gasteiger partial charge on any atom is -0.330 e. The van der Waals surface area contributed by atoms with Crippen LogP contribution in [-0.4, -0.2) is 43.1 Å². The molecule has 0 spiro atoms. The molecule has 2 nitrogen and oxygen atoms in total. The molecule has 0 radical (unpaired) electrons. The molecule has 2 atom stereocenters. The molecule has 0 aliphatic heterocycles. The number of nitrogens with zero attached hydrogens (tertiary/aromatic N) is 1. The fourth-order valence-corrected chi connectivity index (χ4v) is 3.01. The first kappa shape index (κ1) is 18.3. The van der Waals surface area contributed by atoms with Gasteiger partial charge in [-0.1, -0.05) is 19.8 Å². The van der Waals surface area contributed by atoms with E-state index in [-0.39, 0.29) is 0 Å². The summed E-state index contributed by atoms with van der Waals surface area (Å²) in [7, 11) is 2.27. The zero-order valence-electron chi connectivity index (χ0n) is 13.0. The van der Waals surface area contributed by atoms with Gasteiger partial charge in [0, 0.05) is 6.04 Å². The number of nitrogens with two attached hydrogens (primary N) is 1. The number of hydrogen-bond acceptors (Lipinski definition) is 3. The lowest BCUT2D eigenvalue weighted by Gasteiger charge is -2.25. The van der Waals surface area contributed by atoms with Crippen LogP contribution < -0.4 is 5.73 Å². The van der Waals surface area contributed by atoms with Crippen LogP contribution in [0.4, 0.5) is 0 Å². The first-order chi connectivity index (χ1) is 8.65. The summed E-state index contributed by atoms with van der Waals surface area (Å²) >= 11 is 1.95. The molecule has 0 aliphatic carbocycles. The highest BCUT2D eigenvalue weighted by Crippen LogP contribution is 2.17. The lowest BCUT2D eigenvalue weighted by Crippen LogP contribution is -2.30. The van der Waals surface area contributed by atoms with Crippen LogP contribution in [0.5, 0.6) is 0 Å². The molecule has 0 aromatic rings. The summed E-state index contributed by atoms with van der Waals surface area (Å²) in [5.41, 5.74) is 5.68. The normalized spacial score (nSPS) is 15.0. The lowest BCUT2D eigenvalue weighted by molar-refractivity contribution is 0.239. The summed E-state index contributed by atoms with van der Waals surface area (Å²) in [4.78, 5) is 2.52. The van der Waals surface area contributed by atoms with Gasteiger partial charge in [-0.05, 0) is 70.7 Å². The molecule has 0 aromatic heterocycles. The van der Waals surface area contributed by atoms with Gasteiger partial charge in [0.05, 0.1) is 0 Å². The van der Waals surface area contributed by atoms with E-state index in [1.807, 2.05) is 11.8 Å². The van der Waals surface area contributed by atoms with E-state index in [1.165, 1.54) is 50.8 Å². The first-order valence-electron chi connectivity index (χ1n) is 7.54. The Morgan fingerprint density at radius 3 is 2.44 bits per heavy atom. The summed E-state index contributed by atoms with van der Waals surface area (Å²) in [6, 6.07) is 0.719. The fraction of sp³-hybridized carbons (Fsp3) is 1.00. The molecule has 3 heteroatoms. The molecule has 0 aliphatic rings. The maximum absolute atomic E-state index is 5.68. The van der Waals surface area contributed by atoms with E-state index in [1.54, 1.807) is 0 Å². The Bertz CT molecular complexity index is 170. The zero-order valence-corrected chi connectivity index (χ0v) is 13.8. The van der Waals surface area contributed by atoms with Gasteiger partial charge in [0.25, 0.3) is 0 Å². The summed E-state index contributed by atoms with van der Waals surface area (Å²) in [6.07, 6.45) is 10.0. The van der Waals surface area contributed by atoms with Crippen molar-refractivity contribution >= 4 is 11.8 Å². The van der Waals surface area contributed by atoms with Crippen molar-refractivity contribution in [1.82, 2.24) is 4.90 Å². The Morgan fingerprint density at radius 2 is 1.89 bits per heavy atom. The Balaban J connectivity index is 3.72. The van der Waals surface area contributed by atoms with Gasteiger partial charge in [-0.2, -0.15) is 11.8 Å². The second-order valence-corrected chi connectivity index (χ2v) is 6.47. The molecule has 0 saturated carbocycles. The molecule has 2 N–H and O–H groups in total. The molecule has 0 heterocycles. The van der Waals surface area contributed by atoms with Crippen LogP contribution in [0.3, 0.4) is 0 Å². The standard InChI is InChI=1S/C15H34N2S/c1-5-7-15(9-11-16)8-6-12-17(3)14(2)10-13-18-4/h14-15H,5-13,16H2,1-4H3. The van der Waals surface area contributed by atoms with Crippen molar-refractivity contribution in [2.45, 2.75) is 58.4 Å². The SMILES string of the molecule is CCCC(CCN)CCCN(C)C(C)CCSC. The van der Waals surface area contributed by atoms with Gasteiger partial charge >= 0.3 is 0 Å². The second kappa shape index (κ2) is 12.3. The highest BCUT2D eigenvalue weighted by Gasteiger charge is 2.10. The summed E-state index contributed by atoms with van der Waals surface area (Å²) in [6.45, 7) is 6.71. The summed E-state index contributed by atoms with van der Waals surface area (Å²) < 4.78 is 0. The van der Waals surface area contributed by atoms with Crippen LogP contribution in [0.15, 0.2) is 0 Å². The highest BCUT2D eigenvalue weighted by molar-refractivity contribution is 7.98. The van der Waals surface area contributed by atoms with Crippen LogP contribution in [0.1, 0.15) is 52.4 Å². The predicted octanol–water partition coefficient (Wildman–Crippen LogP) is 3.61. The van der Waals surface area contributed by atoms with Gasteiger partial charge < -0.3 is 10.6 Å². The molecule has 0 aromatic carbocycles. The largest absolute Gasteiger partial charge is 0.330 e. The molecule has 110 valence electrons. The van der Waals surface area contributed by atoms with Crippen LogP contribution in [0, 0.1) is 5.92 Å². The lowest BCUT2D eigenvalue weighted by atomic mass is 9.94. The van der Waals surface area contributed by atoms with E-state index in [9.17, 15) is 0 Å². The van der Waals surface area contributed by atoms with Gasteiger partial charge in [-0.15, -0.1) is 0 Å². The molecule has 18 heavy (non-hydrogen) atoms. The number of thioether (sulfide) groups is 1. The third-order valence-corrected chi connectivity index (χ3v) is 4.53. The van der Waals surface area contributed by atoms with Crippen LogP contribution >= 0.6 is 11.8 Å². The fourth-order valence-electron chi connectivity index (χ4n) is 2.44. The van der Waals surface area contributed by atoms with Crippen molar-refractivity contribution in [1.29, 1.82) is 0 Å². The highest BCUT2D eigenvalue weighted by atomic mass is 32.2. The van der Waals surface area contributed by atoms with Gasteiger partial charge in [0.2, 0.25) is 0 Å². The predicted molar refractivity (Wildman–Crippen MR) is 86.4 cm³/mol. The molecule has 0 fully saturated rings. The van der Waals surface area contributed by atoms with Crippen LogP contribution in [0.25, 0.3) is 0 Å². The zero-order chi connectivity index (χ0) is 13.8. The Labute approximate surface area is 119 Å². The van der Waals surface area contributed by atoms with Crippen LogP contribution in [-0.2, 0) is 0 Å². The maximum atomic E-state index is 5.68. The minimum absolute atomic E-state index is 0.719. The molecular weight excluding hydrogens is 240 g/mol.